The number of hydrogen-bond donors (Lipinski definition) is 2. The van der Waals surface area contributed by atoms with Gasteiger partial charge in [-0.05, 0) is 43.4 Å². The second-order valence-electron chi connectivity index (χ2n) is 5.99. The molecule has 0 heterocycles. The molecule has 0 atom stereocenters. The number of carbonyl (C=O) groups excluding carboxylic acids is 1. The maximum atomic E-state index is 11.9. The van der Waals surface area contributed by atoms with Crippen LogP contribution in [0.2, 0.25) is 0 Å². The van der Waals surface area contributed by atoms with Crippen molar-refractivity contribution in [2.45, 2.75) is 52.4 Å². The van der Waals surface area contributed by atoms with Gasteiger partial charge in [0.15, 0.2) is 0 Å². The quantitative estimate of drug-likeness (QED) is 0.839. The van der Waals surface area contributed by atoms with Crippen molar-refractivity contribution in [3.8, 4) is 0 Å². The summed E-state index contributed by atoms with van der Waals surface area (Å²) in [7, 11) is 0. The molecule has 3 heteroatoms. The Morgan fingerprint density at radius 1 is 1.20 bits per heavy atom. The lowest BCUT2D eigenvalue weighted by Crippen LogP contribution is -2.31. The van der Waals surface area contributed by atoms with Crippen molar-refractivity contribution in [3.05, 3.63) is 29.3 Å². The minimum absolute atomic E-state index is 0.0884. The molecule has 1 aromatic carbocycles. The van der Waals surface area contributed by atoms with E-state index < -0.39 is 0 Å². The molecule has 20 heavy (non-hydrogen) atoms. The van der Waals surface area contributed by atoms with Gasteiger partial charge in [0.05, 0.1) is 0 Å². The fraction of sp³-hybridized carbons (Fsp3) is 0.588. The first-order valence-corrected chi connectivity index (χ1v) is 7.77. The number of anilines is 1. The van der Waals surface area contributed by atoms with Crippen molar-refractivity contribution in [3.63, 3.8) is 0 Å². The fourth-order valence-electron chi connectivity index (χ4n) is 2.90. The lowest BCUT2D eigenvalue weighted by atomic mass is 9.87. The van der Waals surface area contributed by atoms with Crippen molar-refractivity contribution >= 4 is 11.7 Å². The van der Waals surface area contributed by atoms with Gasteiger partial charge in [0.2, 0.25) is 0 Å². The normalized spacial score (nSPS) is 15.9. The maximum Gasteiger partial charge on any atom is 0.319 e. The van der Waals surface area contributed by atoms with E-state index in [0.29, 0.717) is 0 Å². The summed E-state index contributed by atoms with van der Waals surface area (Å²) in [6.07, 6.45) is 7.89. The molecule has 0 aromatic heterocycles. The lowest BCUT2D eigenvalue weighted by Gasteiger charge is -2.21. The van der Waals surface area contributed by atoms with Crippen LogP contribution in [0.3, 0.4) is 0 Å². The second kappa shape index (κ2) is 7.32. The molecule has 2 amide bonds. The Labute approximate surface area is 122 Å². The number of aryl methyl sites for hydroxylation is 2. The van der Waals surface area contributed by atoms with E-state index in [9.17, 15) is 4.79 Å². The summed E-state index contributed by atoms with van der Waals surface area (Å²) >= 11 is 0. The zero-order valence-electron chi connectivity index (χ0n) is 12.7. The molecule has 1 saturated carbocycles. The Morgan fingerprint density at radius 3 is 2.70 bits per heavy atom. The van der Waals surface area contributed by atoms with Gasteiger partial charge in [-0.25, -0.2) is 4.79 Å². The average molecular weight is 274 g/mol. The van der Waals surface area contributed by atoms with Gasteiger partial charge in [-0.15, -0.1) is 0 Å². The molecule has 2 N–H and O–H groups in total. The molecular formula is C17H26N2O. The predicted molar refractivity (Wildman–Crippen MR) is 84.1 cm³/mol. The van der Waals surface area contributed by atoms with Gasteiger partial charge in [-0.2, -0.15) is 0 Å². The second-order valence-corrected chi connectivity index (χ2v) is 5.99. The van der Waals surface area contributed by atoms with Crippen molar-refractivity contribution in [1.82, 2.24) is 5.32 Å². The van der Waals surface area contributed by atoms with E-state index in [-0.39, 0.29) is 6.03 Å². The number of amides is 2. The van der Waals surface area contributed by atoms with Gasteiger partial charge >= 0.3 is 6.03 Å². The number of carbonyl (C=O) groups is 1. The van der Waals surface area contributed by atoms with E-state index >= 15 is 0 Å². The Morgan fingerprint density at radius 2 is 1.95 bits per heavy atom. The zero-order valence-corrected chi connectivity index (χ0v) is 12.7. The first-order valence-electron chi connectivity index (χ1n) is 7.77. The minimum Gasteiger partial charge on any atom is -0.338 e. The van der Waals surface area contributed by atoms with Crippen LogP contribution < -0.4 is 10.6 Å². The molecule has 0 saturated heterocycles. The van der Waals surface area contributed by atoms with Gasteiger partial charge in [0.25, 0.3) is 0 Å². The Hall–Kier alpha value is -1.51. The highest BCUT2D eigenvalue weighted by Gasteiger charge is 2.13. The molecule has 1 aliphatic carbocycles. The highest BCUT2D eigenvalue weighted by Crippen LogP contribution is 2.25. The summed E-state index contributed by atoms with van der Waals surface area (Å²) in [5.74, 6) is 0.810. The molecule has 110 valence electrons. The van der Waals surface area contributed by atoms with Crippen molar-refractivity contribution in [1.29, 1.82) is 0 Å². The molecule has 1 aliphatic rings. The molecule has 2 rings (SSSR count). The van der Waals surface area contributed by atoms with Crippen LogP contribution in [0.15, 0.2) is 18.2 Å². The largest absolute Gasteiger partial charge is 0.338 e. The monoisotopic (exact) mass is 274 g/mol. The summed E-state index contributed by atoms with van der Waals surface area (Å²) in [4.78, 5) is 11.9. The van der Waals surface area contributed by atoms with Crippen LogP contribution in [-0.4, -0.2) is 12.6 Å². The Bertz CT molecular complexity index is 450. The van der Waals surface area contributed by atoms with E-state index in [1.165, 1.54) is 32.1 Å². The highest BCUT2D eigenvalue weighted by molar-refractivity contribution is 5.90. The van der Waals surface area contributed by atoms with E-state index in [2.05, 4.69) is 16.7 Å². The van der Waals surface area contributed by atoms with Crippen LogP contribution in [0.4, 0.5) is 10.5 Å². The molecule has 3 nitrogen and oxygen atoms in total. The van der Waals surface area contributed by atoms with E-state index in [1.807, 2.05) is 26.0 Å². The van der Waals surface area contributed by atoms with Gasteiger partial charge in [0.1, 0.15) is 0 Å². The summed E-state index contributed by atoms with van der Waals surface area (Å²) in [6.45, 7) is 4.82. The van der Waals surface area contributed by atoms with Crippen molar-refractivity contribution in [2.75, 3.05) is 11.9 Å². The third kappa shape index (κ3) is 4.55. The number of urea groups is 1. The van der Waals surface area contributed by atoms with Crippen LogP contribution >= 0.6 is 0 Å². The van der Waals surface area contributed by atoms with Crippen LogP contribution in [0, 0.1) is 19.8 Å². The summed E-state index contributed by atoms with van der Waals surface area (Å²) in [5, 5.41) is 5.91. The third-order valence-corrected chi connectivity index (χ3v) is 4.20. The summed E-state index contributed by atoms with van der Waals surface area (Å²) in [6, 6.07) is 6.01. The number of nitrogens with one attached hydrogen (secondary N) is 2. The van der Waals surface area contributed by atoms with Gasteiger partial charge in [-0.1, -0.05) is 44.2 Å². The predicted octanol–water partition coefficient (Wildman–Crippen LogP) is 4.40. The smallest absolute Gasteiger partial charge is 0.319 e. The molecule has 0 spiro atoms. The SMILES string of the molecule is Cc1ccc(C)c(NC(=O)NCCC2CCCCC2)c1. The van der Waals surface area contributed by atoms with Crippen molar-refractivity contribution < 1.29 is 4.79 Å². The average Bonchev–Trinajstić information content (AvgIpc) is 2.44. The Kier molecular flexibility index (Phi) is 5.45. The van der Waals surface area contributed by atoms with Crippen molar-refractivity contribution in [2.24, 2.45) is 5.92 Å². The van der Waals surface area contributed by atoms with Gasteiger partial charge in [-0.3, -0.25) is 0 Å². The molecule has 0 aliphatic heterocycles. The third-order valence-electron chi connectivity index (χ3n) is 4.20. The maximum absolute atomic E-state index is 11.9. The van der Waals surface area contributed by atoms with Crippen LogP contribution in [0.5, 0.6) is 0 Å². The van der Waals surface area contributed by atoms with E-state index in [4.69, 9.17) is 0 Å². The minimum atomic E-state index is -0.0884. The van der Waals surface area contributed by atoms with Crippen LogP contribution in [0.1, 0.15) is 49.7 Å². The highest BCUT2D eigenvalue weighted by atomic mass is 16.2. The molecule has 0 radical (unpaired) electrons. The molecule has 0 bridgehead atoms. The topological polar surface area (TPSA) is 41.1 Å². The molecule has 1 fully saturated rings. The Balaban J connectivity index is 1.73. The van der Waals surface area contributed by atoms with Gasteiger partial charge < -0.3 is 10.6 Å². The lowest BCUT2D eigenvalue weighted by molar-refractivity contribution is 0.250. The first-order chi connectivity index (χ1) is 9.65. The van der Waals surface area contributed by atoms with E-state index in [0.717, 1.165) is 35.7 Å². The summed E-state index contributed by atoms with van der Waals surface area (Å²) in [5.41, 5.74) is 3.16. The standard InChI is InChI=1S/C17H26N2O/c1-13-8-9-14(2)16(12-13)19-17(20)18-11-10-15-6-4-3-5-7-15/h8-9,12,15H,3-7,10-11H2,1-2H3,(H2,18,19,20). The fourth-order valence-corrected chi connectivity index (χ4v) is 2.90. The number of hydrogen-bond acceptors (Lipinski definition) is 1. The van der Waals surface area contributed by atoms with Crippen LogP contribution in [-0.2, 0) is 0 Å². The zero-order chi connectivity index (χ0) is 14.4. The molecular weight excluding hydrogens is 248 g/mol. The molecule has 1 aromatic rings. The van der Waals surface area contributed by atoms with Gasteiger partial charge in [0, 0.05) is 12.2 Å². The molecule has 0 unspecified atom stereocenters. The van der Waals surface area contributed by atoms with E-state index in [1.54, 1.807) is 0 Å². The summed E-state index contributed by atoms with van der Waals surface area (Å²) < 4.78 is 0. The first kappa shape index (κ1) is 14.9. The van der Waals surface area contributed by atoms with Crippen LogP contribution in [0.25, 0.3) is 0 Å². The number of rotatable bonds is 4. The number of benzene rings is 1.